The number of aryl methyl sites for hydroxylation is 2. The summed E-state index contributed by atoms with van der Waals surface area (Å²) in [7, 11) is 0. The average molecular weight is 458 g/mol. The van der Waals surface area contributed by atoms with Gasteiger partial charge in [0.25, 0.3) is 0 Å². The zero-order chi connectivity index (χ0) is 21.3. The topological polar surface area (TPSA) is 72.3 Å². The van der Waals surface area contributed by atoms with Gasteiger partial charge in [-0.2, -0.15) is 0 Å². The van der Waals surface area contributed by atoms with Crippen LogP contribution in [-0.2, 0) is 29.0 Å². The first-order valence-corrected chi connectivity index (χ1v) is 12.3. The lowest BCUT2D eigenvalue weighted by Crippen LogP contribution is -2.47. The first-order chi connectivity index (χ1) is 15.3. The molecule has 0 spiro atoms. The standard InChI is InChI=1S/C22H27N5O2S2/c28-21(16-31-22-25-24-17-27(22)9-8-20-7-4-12-30-20)23-13-19-15-26(10-11-29-19)14-18-5-2-1-3-6-18/h1-7,12,17,19H,8-11,13-16H2,(H,23,28). The van der Waals surface area contributed by atoms with E-state index in [9.17, 15) is 4.79 Å². The second-order valence-corrected chi connectivity index (χ2v) is 9.42. The summed E-state index contributed by atoms with van der Waals surface area (Å²) in [6, 6.07) is 14.6. The van der Waals surface area contributed by atoms with E-state index in [0.29, 0.717) is 18.9 Å². The summed E-state index contributed by atoms with van der Waals surface area (Å²) < 4.78 is 7.85. The number of aromatic nitrogens is 3. The highest BCUT2D eigenvalue weighted by Crippen LogP contribution is 2.17. The Balaban J connectivity index is 1.17. The summed E-state index contributed by atoms with van der Waals surface area (Å²) in [5.74, 6) is 0.305. The van der Waals surface area contributed by atoms with Gasteiger partial charge in [-0.3, -0.25) is 9.69 Å². The highest BCUT2D eigenvalue weighted by atomic mass is 32.2. The van der Waals surface area contributed by atoms with Crippen LogP contribution in [-0.4, -0.2) is 63.7 Å². The fraction of sp³-hybridized carbons (Fsp3) is 0.409. The van der Waals surface area contributed by atoms with Crippen molar-refractivity contribution >= 4 is 29.0 Å². The highest BCUT2D eigenvalue weighted by Gasteiger charge is 2.21. The Morgan fingerprint density at radius 1 is 1.26 bits per heavy atom. The minimum Gasteiger partial charge on any atom is -0.374 e. The van der Waals surface area contributed by atoms with E-state index in [1.54, 1.807) is 17.7 Å². The molecule has 4 rings (SSSR count). The van der Waals surface area contributed by atoms with Crippen LogP contribution in [0.15, 0.2) is 59.3 Å². The molecule has 0 saturated carbocycles. The molecule has 31 heavy (non-hydrogen) atoms. The van der Waals surface area contributed by atoms with E-state index < -0.39 is 0 Å². The van der Waals surface area contributed by atoms with E-state index in [-0.39, 0.29) is 12.0 Å². The fourth-order valence-corrected chi connectivity index (χ4v) is 4.96. The molecule has 1 atom stereocenters. The van der Waals surface area contributed by atoms with E-state index in [1.807, 2.05) is 10.6 Å². The number of ether oxygens (including phenoxy) is 1. The number of benzene rings is 1. The van der Waals surface area contributed by atoms with E-state index in [2.05, 4.69) is 62.2 Å². The molecule has 1 aliphatic rings. The number of hydrogen-bond acceptors (Lipinski definition) is 7. The van der Waals surface area contributed by atoms with Crippen molar-refractivity contribution in [2.45, 2.75) is 30.8 Å². The molecule has 3 heterocycles. The van der Waals surface area contributed by atoms with Crippen molar-refractivity contribution in [2.24, 2.45) is 0 Å². The second-order valence-electron chi connectivity index (χ2n) is 7.44. The van der Waals surface area contributed by atoms with Gasteiger partial charge < -0.3 is 14.6 Å². The molecule has 164 valence electrons. The number of nitrogens with one attached hydrogen (secondary N) is 1. The smallest absolute Gasteiger partial charge is 0.230 e. The molecule has 0 bridgehead atoms. The van der Waals surface area contributed by atoms with Crippen LogP contribution in [0.2, 0.25) is 0 Å². The predicted octanol–water partition coefficient (Wildman–Crippen LogP) is 2.69. The highest BCUT2D eigenvalue weighted by molar-refractivity contribution is 7.99. The lowest BCUT2D eigenvalue weighted by atomic mass is 10.2. The van der Waals surface area contributed by atoms with Crippen LogP contribution < -0.4 is 5.32 Å². The van der Waals surface area contributed by atoms with Crippen LogP contribution in [0, 0.1) is 0 Å². The van der Waals surface area contributed by atoms with Crippen LogP contribution >= 0.6 is 23.1 Å². The van der Waals surface area contributed by atoms with E-state index in [1.165, 1.54) is 22.2 Å². The van der Waals surface area contributed by atoms with Crippen molar-refractivity contribution in [3.05, 3.63) is 64.6 Å². The number of morpholine rings is 1. The number of nitrogens with zero attached hydrogens (tertiary/aromatic N) is 4. The van der Waals surface area contributed by atoms with Crippen LogP contribution in [0.25, 0.3) is 0 Å². The van der Waals surface area contributed by atoms with Gasteiger partial charge in [0.2, 0.25) is 5.91 Å². The zero-order valence-electron chi connectivity index (χ0n) is 17.4. The summed E-state index contributed by atoms with van der Waals surface area (Å²) in [6.45, 7) is 4.66. The average Bonchev–Trinajstić information content (AvgIpc) is 3.47. The molecule has 1 aliphatic heterocycles. The number of thioether (sulfide) groups is 1. The largest absolute Gasteiger partial charge is 0.374 e. The van der Waals surface area contributed by atoms with Crippen LogP contribution in [0.1, 0.15) is 10.4 Å². The van der Waals surface area contributed by atoms with Gasteiger partial charge in [-0.15, -0.1) is 21.5 Å². The maximum absolute atomic E-state index is 12.4. The van der Waals surface area contributed by atoms with E-state index in [4.69, 9.17) is 4.74 Å². The number of thiophene rings is 1. The number of rotatable bonds is 10. The molecular weight excluding hydrogens is 430 g/mol. The normalized spacial score (nSPS) is 17.0. The third kappa shape index (κ3) is 6.90. The van der Waals surface area contributed by atoms with Gasteiger partial charge >= 0.3 is 0 Å². The van der Waals surface area contributed by atoms with Crippen molar-refractivity contribution in [3.63, 3.8) is 0 Å². The molecule has 0 radical (unpaired) electrons. The Bertz CT molecular complexity index is 933. The van der Waals surface area contributed by atoms with Crippen molar-refractivity contribution in [2.75, 3.05) is 32.0 Å². The Morgan fingerprint density at radius 2 is 2.16 bits per heavy atom. The lowest BCUT2D eigenvalue weighted by molar-refractivity contribution is -0.119. The van der Waals surface area contributed by atoms with Crippen molar-refractivity contribution in [1.82, 2.24) is 25.0 Å². The molecule has 9 heteroatoms. The van der Waals surface area contributed by atoms with Gasteiger partial charge in [0, 0.05) is 37.6 Å². The summed E-state index contributed by atoms with van der Waals surface area (Å²) in [6.07, 6.45) is 2.68. The molecule has 3 aromatic rings. The van der Waals surface area contributed by atoms with Gasteiger partial charge in [0.1, 0.15) is 6.33 Å². The quantitative estimate of drug-likeness (QED) is 0.472. The maximum atomic E-state index is 12.4. The molecular formula is C22H27N5O2S2. The number of carbonyl (C=O) groups is 1. The Hall–Kier alpha value is -2.20. The van der Waals surface area contributed by atoms with Crippen LogP contribution in [0.4, 0.5) is 0 Å². The molecule has 1 N–H and O–H groups in total. The van der Waals surface area contributed by atoms with E-state index >= 15 is 0 Å². The molecule has 1 aromatic carbocycles. The minimum absolute atomic E-state index is 0.0124. The maximum Gasteiger partial charge on any atom is 0.230 e. The number of amides is 1. The summed E-state index contributed by atoms with van der Waals surface area (Å²) >= 11 is 3.17. The third-order valence-corrected chi connectivity index (χ3v) is 7.01. The van der Waals surface area contributed by atoms with Crippen molar-refractivity contribution < 1.29 is 9.53 Å². The molecule has 1 fully saturated rings. The molecule has 2 aromatic heterocycles. The SMILES string of the molecule is O=C(CSc1nncn1CCc1cccs1)NCC1CN(Cc2ccccc2)CCO1. The monoisotopic (exact) mass is 457 g/mol. The second kappa shape index (κ2) is 11.4. The Morgan fingerprint density at radius 3 is 3.00 bits per heavy atom. The van der Waals surface area contributed by atoms with Crippen LogP contribution in [0.3, 0.4) is 0 Å². The third-order valence-electron chi connectivity index (χ3n) is 5.09. The molecule has 1 unspecified atom stereocenters. The summed E-state index contributed by atoms with van der Waals surface area (Å²) in [4.78, 5) is 16.1. The molecule has 7 nitrogen and oxygen atoms in total. The van der Waals surface area contributed by atoms with Gasteiger partial charge in [-0.25, -0.2) is 0 Å². The van der Waals surface area contributed by atoms with Crippen LogP contribution in [0.5, 0.6) is 0 Å². The molecule has 1 saturated heterocycles. The van der Waals surface area contributed by atoms with Crippen molar-refractivity contribution in [3.8, 4) is 0 Å². The van der Waals surface area contributed by atoms with Crippen molar-refractivity contribution in [1.29, 1.82) is 0 Å². The lowest BCUT2D eigenvalue weighted by Gasteiger charge is -2.33. The fourth-order valence-electron chi connectivity index (χ4n) is 3.49. The first-order valence-electron chi connectivity index (χ1n) is 10.4. The molecule has 1 amide bonds. The Labute approximate surface area is 190 Å². The summed E-state index contributed by atoms with van der Waals surface area (Å²) in [5, 5.41) is 14.0. The predicted molar refractivity (Wildman–Crippen MR) is 123 cm³/mol. The van der Waals surface area contributed by atoms with Gasteiger partial charge in [0.15, 0.2) is 5.16 Å². The Kier molecular flexibility index (Phi) is 8.11. The number of hydrogen-bond donors (Lipinski definition) is 1. The van der Waals surface area contributed by atoms with E-state index in [0.717, 1.165) is 37.8 Å². The first kappa shape index (κ1) is 22.0. The summed E-state index contributed by atoms with van der Waals surface area (Å²) in [5.41, 5.74) is 1.30. The number of carbonyl (C=O) groups excluding carboxylic acids is 1. The minimum atomic E-state index is -0.0124. The van der Waals surface area contributed by atoms with Gasteiger partial charge in [0.05, 0.1) is 18.5 Å². The van der Waals surface area contributed by atoms with Gasteiger partial charge in [-0.1, -0.05) is 48.2 Å². The molecule has 0 aliphatic carbocycles. The van der Waals surface area contributed by atoms with Gasteiger partial charge in [-0.05, 0) is 23.4 Å². The zero-order valence-corrected chi connectivity index (χ0v) is 19.0.